The van der Waals surface area contributed by atoms with Crippen LogP contribution in [-0.2, 0) is 11.8 Å². The lowest BCUT2D eigenvalue weighted by Gasteiger charge is -2.21. The molecule has 2 aromatic carbocycles. The summed E-state index contributed by atoms with van der Waals surface area (Å²) < 4.78 is 51.0. The lowest BCUT2D eigenvalue weighted by molar-refractivity contribution is 0.159. The molecule has 0 saturated carbocycles. The van der Waals surface area contributed by atoms with E-state index in [0.29, 0.717) is 48.6 Å². The van der Waals surface area contributed by atoms with Crippen molar-refractivity contribution in [3.63, 3.8) is 0 Å². The molecule has 0 radical (unpaired) electrons. The number of rotatable bonds is 8. The van der Waals surface area contributed by atoms with Gasteiger partial charge >= 0.3 is 6.03 Å². The van der Waals surface area contributed by atoms with Crippen LogP contribution in [0.1, 0.15) is 17.0 Å². The topological polar surface area (TPSA) is 89.2 Å². The molecule has 1 fully saturated rings. The van der Waals surface area contributed by atoms with Crippen LogP contribution < -0.4 is 10.6 Å². The number of nitrogens with zero attached hydrogens (tertiary/aromatic N) is 5. The summed E-state index contributed by atoms with van der Waals surface area (Å²) in [6.07, 6.45) is 3.38. The SMILES string of the molecule is COCCN1C[C@@H](NC(=O)Nc2c(C)c(-c3cnn(C)c3)nn2-c2cccc(Cl)c2F)[C@H](c2ccc(F)c(F)c2)C1. The van der Waals surface area contributed by atoms with Gasteiger partial charge in [-0.2, -0.15) is 10.2 Å². The van der Waals surface area contributed by atoms with Gasteiger partial charge in [-0.1, -0.05) is 23.7 Å². The van der Waals surface area contributed by atoms with E-state index in [1.165, 1.54) is 22.9 Å². The third kappa shape index (κ3) is 5.95. The Morgan fingerprint density at radius 1 is 1.17 bits per heavy atom. The third-order valence-corrected chi connectivity index (χ3v) is 7.48. The van der Waals surface area contributed by atoms with E-state index < -0.39 is 29.5 Å². The van der Waals surface area contributed by atoms with Gasteiger partial charge < -0.3 is 10.1 Å². The van der Waals surface area contributed by atoms with Crippen molar-refractivity contribution in [2.45, 2.75) is 18.9 Å². The Bertz CT molecular complexity index is 1570. The minimum Gasteiger partial charge on any atom is -0.383 e. The number of anilines is 1. The highest BCUT2D eigenvalue weighted by atomic mass is 35.5. The predicted octanol–water partition coefficient (Wildman–Crippen LogP) is 4.89. The number of hydrogen-bond acceptors (Lipinski definition) is 5. The van der Waals surface area contributed by atoms with Crippen LogP contribution in [0, 0.1) is 24.4 Å². The molecule has 2 atom stereocenters. The van der Waals surface area contributed by atoms with Gasteiger partial charge in [-0.05, 0) is 36.8 Å². The number of methoxy groups -OCH3 is 1. The zero-order valence-electron chi connectivity index (χ0n) is 22.7. The molecule has 0 spiro atoms. The summed E-state index contributed by atoms with van der Waals surface area (Å²) in [5.74, 6) is -2.66. The number of aromatic nitrogens is 4. The minimum atomic E-state index is -0.952. The predicted molar refractivity (Wildman–Crippen MR) is 149 cm³/mol. The van der Waals surface area contributed by atoms with Crippen molar-refractivity contribution in [3.8, 4) is 16.9 Å². The molecule has 13 heteroatoms. The number of halogens is 4. The number of hydrogen-bond donors (Lipinski definition) is 2. The Balaban J connectivity index is 1.46. The van der Waals surface area contributed by atoms with Gasteiger partial charge in [0.25, 0.3) is 0 Å². The molecule has 2 N–H and O–H groups in total. The van der Waals surface area contributed by atoms with Crippen molar-refractivity contribution >= 4 is 23.4 Å². The number of nitrogens with one attached hydrogen (secondary N) is 2. The highest BCUT2D eigenvalue weighted by Gasteiger charge is 2.35. The van der Waals surface area contributed by atoms with Gasteiger partial charge in [-0.25, -0.2) is 22.6 Å². The van der Waals surface area contributed by atoms with Crippen LogP contribution in [0.5, 0.6) is 0 Å². The van der Waals surface area contributed by atoms with Crippen LogP contribution >= 0.6 is 11.6 Å². The summed E-state index contributed by atoms with van der Waals surface area (Å²) in [5, 5.41) is 14.5. The Morgan fingerprint density at radius 3 is 2.68 bits per heavy atom. The number of urea groups is 1. The first kappa shape index (κ1) is 28.7. The quantitative estimate of drug-likeness (QED) is 0.307. The van der Waals surface area contributed by atoms with E-state index in [9.17, 15) is 13.6 Å². The Kier molecular flexibility index (Phi) is 8.34. The average Bonchev–Trinajstić information content (AvgIpc) is 3.64. The number of likely N-dealkylation sites (tertiary alicyclic amines) is 1. The van der Waals surface area contributed by atoms with Gasteiger partial charge in [-0.15, -0.1) is 0 Å². The molecule has 3 heterocycles. The molecule has 4 aromatic rings. The first-order valence-corrected chi connectivity index (χ1v) is 13.3. The fourth-order valence-corrected chi connectivity index (χ4v) is 5.29. The van der Waals surface area contributed by atoms with E-state index in [-0.39, 0.29) is 22.4 Å². The molecule has 1 aliphatic rings. The van der Waals surface area contributed by atoms with Crippen molar-refractivity contribution in [2.75, 3.05) is 38.7 Å². The van der Waals surface area contributed by atoms with Crippen LogP contribution in [-0.4, -0.2) is 69.9 Å². The fourth-order valence-electron chi connectivity index (χ4n) is 5.12. The molecule has 1 saturated heterocycles. The van der Waals surface area contributed by atoms with E-state index in [0.717, 1.165) is 12.1 Å². The summed E-state index contributed by atoms with van der Waals surface area (Å²) in [5.41, 5.74) is 2.38. The first-order valence-electron chi connectivity index (χ1n) is 12.9. The van der Waals surface area contributed by atoms with Gasteiger partial charge in [0.15, 0.2) is 17.5 Å². The number of carbonyl (C=O) groups is 1. The minimum absolute atomic E-state index is 0.0531. The first-order chi connectivity index (χ1) is 19.7. The highest BCUT2D eigenvalue weighted by Crippen LogP contribution is 2.33. The Labute approximate surface area is 239 Å². The largest absolute Gasteiger partial charge is 0.383 e. The number of carbonyl (C=O) groups excluding carboxylic acids is 1. The fraction of sp³-hybridized carbons (Fsp3) is 0.321. The standard InChI is InChI=1S/C28H29ClF3N7O2/c1-16-26(18-12-33-37(2)13-18)36-39(24-6-4-5-20(29)25(24)32)27(16)35-28(40)34-23-15-38(9-10-41-3)14-19(23)17-7-8-21(30)22(31)11-17/h4-8,11-13,19,23H,9-10,14-15H2,1-3H3,(H2,34,35,40)/t19-,23+/m0/s1. The Hall–Kier alpha value is -3.87. The summed E-state index contributed by atoms with van der Waals surface area (Å²) >= 11 is 6.05. The van der Waals surface area contributed by atoms with Crippen molar-refractivity contribution < 1.29 is 22.7 Å². The van der Waals surface area contributed by atoms with E-state index in [1.54, 1.807) is 44.2 Å². The van der Waals surface area contributed by atoms with Crippen LogP contribution in [0.4, 0.5) is 23.8 Å². The van der Waals surface area contributed by atoms with Gasteiger partial charge in [-0.3, -0.25) is 14.9 Å². The van der Waals surface area contributed by atoms with Crippen LogP contribution in [0.2, 0.25) is 5.02 Å². The summed E-state index contributed by atoms with van der Waals surface area (Å²) in [4.78, 5) is 15.5. The number of benzene rings is 2. The Morgan fingerprint density at radius 2 is 1.98 bits per heavy atom. The van der Waals surface area contributed by atoms with Crippen molar-refractivity contribution in [2.24, 2.45) is 7.05 Å². The van der Waals surface area contributed by atoms with E-state index in [4.69, 9.17) is 16.3 Å². The van der Waals surface area contributed by atoms with Crippen molar-refractivity contribution in [3.05, 3.63) is 82.4 Å². The van der Waals surface area contributed by atoms with E-state index >= 15 is 4.39 Å². The van der Waals surface area contributed by atoms with E-state index in [2.05, 4.69) is 25.7 Å². The molecular formula is C28H29ClF3N7O2. The molecule has 0 bridgehead atoms. The zero-order chi connectivity index (χ0) is 29.3. The summed E-state index contributed by atoms with van der Waals surface area (Å²) in [6.45, 7) is 3.81. The smallest absolute Gasteiger partial charge is 0.320 e. The lowest BCUT2D eigenvalue weighted by atomic mass is 9.94. The number of ether oxygens (including phenoxy) is 1. The lowest BCUT2D eigenvalue weighted by Crippen LogP contribution is -2.42. The maximum atomic E-state index is 15.1. The monoisotopic (exact) mass is 587 g/mol. The third-order valence-electron chi connectivity index (χ3n) is 7.19. The molecular weight excluding hydrogens is 559 g/mol. The van der Waals surface area contributed by atoms with Gasteiger partial charge in [0.1, 0.15) is 17.2 Å². The molecule has 9 nitrogen and oxygen atoms in total. The molecule has 0 aliphatic carbocycles. The maximum absolute atomic E-state index is 15.1. The molecule has 216 valence electrons. The molecule has 41 heavy (non-hydrogen) atoms. The second-order valence-electron chi connectivity index (χ2n) is 9.95. The van der Waals surface area contributed by atoms with Crippen molar-refractivity contribution in [1.29, 1.82) is 0 Å². The van der Waals surface area contributed by atoms with Gasteiger partial charge in [0, 0.05) is 57.0 Å². The second kappa shape index (κ2) is 11.9. The number of aryl methyl sites for hydroxylation is 1. The normalized spacial score (nSPS) is 17.2. The van der Waals surface area contributed by atoms with Gasteiger partial charge in [0.05, 0.1) is 23.9 Å². The average molecular weight is 588 g/mol. The van der Waals surface area contributed by atoms with Crippen LogP contribution in [0.3, 0.4) is 0 Å². The maximum Gasteiger partial charge on any atom is 0.320 e. The second-order valence-corrected chi connectivity index (χ2v) is 10.4. The summed E-state index contributed by atoms with van der Waals surface area (Å²) in [7, 11) is 3.36. The molecule has 0 unspecified atom stereocenters. The molecule has 2 aromatic heterocycles. The van der Waals surface area contributed by atoms with E-state index in [1.807, 2.05) is 0 Å². The zero-order valence-corrected chi connectivity index (χ0v) is 23.4. The number of amides is 2. The molecule has 1 aliphatic heterocycles. The summed E-state index contributed by atoms with van der Waals surface area (Å²) in [6, 6.07) is 7.28. The highest BCUT2D eigenvalue weighted by molar-refractivity contribution is 6.30. The van der Waals surface area contributed by atoms with Crippen LogP contribution in [0.25, 0.3) is 16.9 Å². The molecule has 2 amide bonds. The van der Waals surface area contributed by atoms with Crippen molar-refractivity contribution in [1.82, 2.24) is 29.8 Å². The van der Waals surface area contributed by atoms with Crippen LogP contribution in [0.15, 0.2) is 48.8 Å². The van der Waals surface area contributed by atoms with Gasteiger partial charge in [0.2, 0.25) is 0 Å². The molecule has 5 rings (SSSR count).